The predicted molar refractivity (Wildman–Crippen MR) is 121 cm³/mol. The normalized spacial score (nSPS) is 10.3. The first-order valence-corrected chi connectivity index (χ1v) is 10.4. The van der Waals surface area contributed by atoms with Gasteiger partial charge in [0.25, 0.3) is 0 Å². The molecule has 3 aromatic carbocycles. The molecule has 148 valence electrons. The summed E-state index contributed by atoms with van der Waals surface area (Å²) in [6, 6.07) is 21.1. The summed E-state index contributed by atoms with van der Waals surface area (Å²) >= 11 is 13.4. The molecule has 0 aliphatic carbocycles. The van der Waals surface area contributed by atoms with Crippen LogP contribution in [0.2, 0.25) is 10.0 Å². The van der Waals surface area contributed by atoms with Crippen molar-refractivity contribution in [3.63, 3.8) is 0 Å². The van der Waals surface area contributed by atoms with Crippen LogP contribution in [0.3, 0.4) is 0 Å². The molecule has 0 radical (unpaired) electrons. The third-order valence-electron chi connectivity index (χ3n) is 3.74. The minimum Gasteiger partial charge on any atom is -0.324 e. The summed E-state index contributed by atoms with van der Waals surface area (Å²) in [7, 11) is 0. The number of para-hydroxylation sites is 1. The summed E-state index contributed by atoms with van der Waals surface area (Å²) in [6.45, 7) is 0. The summed E-state index contributed by atoms with van der Waals surface area (Å²) in [6.07, 6.45) is 0. The quantitative estimate of drug-likeness (QED) is 0.386. The average Bonchev–Trinajstić information content (AvgIpc) is 2.71. The molecule has 0 aromatic heterocycles. The van der Waals surface area contributed by atoms with E-state index in [4.69, 9.17) is 23.2 Å². The number of urea groups is 1. The Morgan fingerprint density at radius 2 is 1.41 bits per heavy atom. The van der Waals surface area contributed by atoms with Gasteiger partial charge in [-0.2, -0.15) is 0 Å². The first-order chi connectivity index (χ1) is 14.0. The SMILES string of the molecule is O=C(CSc1ccc(NC(=O)Nc2ccccc2)cc1)Nc1cccc(Cl)c1Cl. The first-order valence-electron chi connectivity index (χ1n) is 8.61. The molecule has 0 saturated heterocycles. The Kier molecular flexibility index (Phi) is 7.41. The fourth-order valence-electron chi connectivity index (χ4n) is 2.38. The molecule has 3 N–H and O–H groups in total. The Bertz CT molecular complexity index is 999. The van der Waals surface area contributed by atoms with Gasteiger partial charge in [-0.1, -0.05) is 47.5 Å². The molecule has 8 heteroatoms. The summed E-state index contributed by atoms with van der Waals surface area (Å²) < 4.78 is 0. The lowest BCUT2D eigenvalue weighted by Gasteiger charge is -2.09. The van der Waals surface area contributed by atoms with Crippen molar-refractivity contribution < 1.29 is 9.59 Å². The highest BCUT2D eigenvalue weighted by Crippen LogP contribution is 2.30. The molecule has 0 saturated carbocycles. The van der Waals surface area contributed by atoms with E-state index in [1.807, 2.05) is 30.3 Å². The van der Waals surface area contributed by atoms with Gasteiger partial charge in [-0.05, 0) is 48.5 Å². The molecule has 5 nitrogen and oxygen atoms in total. The predicted octanol–water partition coefficient (Wildman–Crippen LogP) is 6.37. The molecule has 3 amide bonds. The van der Waals surface area contributed by atoms with Crippen molar-refractivity contribution in [3.8, 4) is 0 Å². The van der Waals surface area contributed by atoms with Gasteiger partial charge in [-0.25, -0.2) is 4.79 Å². The van der Waals surface area contributed by atoms with Crippen LogP contribution in [0.15, 0.2) is 77.7 Å². The van der Waals surface area contributed by atoms with Gasteiger partial charge in [0.05, 0.1) is 21.5 Å². The molecular formula is C21H17Cl2N3O2S. The lowest BCUT2D eigenvalue weighted by Crippen LogP contribution is -2.19. The molecule has 3 aromatic rings. The number of carbonyl (C=O) groups excluding carboxylic acids is 2. The molecule has 0 aliphatic rings. The zero-order chi connectivity index (χ0) is 20.6. The van der Waals surface area contributed by atoms with Crippen molar-refractivity contribution in [2.24, 2.45) is 0 Å². The standard InChI is InChI=1S/C21H17Cl2N3O2S/c22-17-7-4-8-18(20(17)23)26-19(27)13-29-16-11-9-15(10-12-16)25-21(28)24-14-5-2-1-3-6-14/h1-12H,13H2,(H,26,27)(H2,24,25,28). The molecule has 0 atom stereocenters. The number of halogens is 2. The fourth-order valence-corrected chi connectivity index (χ4v) is 3.43. The number of anilines is 3. The van der Waals surface area contributed by atoms with E-state index in [9.17, 15) is 9.59 Å². The molecular weight excluding hydrogens is 429 g/mol. The minimum absolute atomic E-state index is 0.191. The number of hydrogen-bond donors (Lipinski definition) is 3. The summed E-state index contributed by atoms with van der Waals surface area (Å²) in [5.41, 5.74) is 1.84. The number of thioether (sulfide) groups is 1. The Morgan fingerprint density at radius 1 is 0.759 bits per heavy atom. The van der Waals surface area contributed by atoms with E-state index < -0.39 is 0 Å². The molecule has 0 fully saturated rings. The summed E-state index contributed by atoms with van der Waals surface area (Å²) in [5, 5.41) is 8.95. The van der Waals surface area contributed by atoms with Gasteiger partial charge < -0.3 is 16.0 Å². The lowest BCUT2D eigenvalue weighted by atomic mass is 10.3. The second-order valence-electron chi connectivity index (χ2n) is 5.91. The van der Waals surface area contributed by atoms with Crippen molar-refractivity contribution in [1.29, 1.82) is 0 Å². The lowest BCUT2D eigenvalue weighted by molar-refractivity contribution is -0.113. The first kappa shape index (κ1) is 21.0. The van der Waals surface area contributed by atoms with Crippen molar-refractivity contribution in [3.05, 3.63) is 82.8 Å². The van der Waals surface area contributed by atoms with Crippen LogP contribution in [-0.4, -0.2) is 17.7 Å². The van der Waals surface area contributed by atoms with E-state index in [0.717, 1.165) is 4.90 Å². The largest absolute Gasteiger partial charge is 0.324 e. The Hall–Kier alpha value is -2.67. The highest BCUT2D eigenvalue weighted by atomic mass is 35.5. The number of amides is 3. The molecule has 3 rings (SSSR count). The zero-order valence-corrected chi connectivity index (χ0v) is 17.4. The van der Waals surface area contributed by atoms with Gasteiger partial charge in [0, 0.05) is 16.3 Å². The van der Waals surface area contributed by atoms with Crippen molar-refractivity contribution in [1.82, 2.24) is 0 Å². The van der Waals surface area contributed by atoms with Crippen LogP contribution in [0, 0.1) is 0 Å². The van der Waals surface area contributed by atoms with Crippen LogP contribution < -0.4 is 16.0 Å². The van der Waals surface area contributed by atoms with Crippen LogP contribution in [0.1, 0.15) is 0 Å². The van der Waals surface area contributed by atoms with Gasteiger partial charge in [0.15, 0.2) is 0 Å². The van der Waals surface area contributed by atoms with Crippen LogP contribution in [-0.2, 0) is 4.79 Å². The van der Waals surface area contributed by atoms with Crippen LogP contribution in [0.5, 0.6) is 0 Å². The number of benzene rings is 3. The van der Waals surface area contributed by atoms with Crippen LogP contribution in [0.4, 0.5) is 21.9 Å². The zero-order valence-electron chi connectivity index (χ0n) is 15.1. The number of rotatable bonds is 6. The monoisotopic (exact) mass is 445 g/mol. The van der Waals surface area contributed by atoms with Crippen LogP contribution in [0.25, 0.3) is 0 Å². The van der Waals surface area contributed by atoms with Gasteiger partial charge in [0.1, 0.15) is 0 Å². The van der Waals surface area contributed by atoms with Gasteiger partial charge in [-0.3, -0.25) is 4.79 Å². The van der Waals surface area contributed by atoms with Gasteiger partial charge in [0.2, 0.25) is 5.91 Å². The molecule has 0 heterocycles. The Labute approximate surface area is 182 Å². The van der Waals surface area contributed by atoms with Crippen LogP contribution >= 0.6 is 35.0 Å². The Balaban J connectivity index is 1.48. The fraction of sp³-hybridized carbons (Fsp3) is 0.0476. The van der Waals surface area contributed by atoms with Crippen molar-refractivity contribution in [2.45, 2.75) is 4.90 Å². The average molecular weight is 446 g/mol. The van der Waals surface area contributed by atoms with E-state index in [2.05, 4.69) is 16.0 Å². The van der Waals surface area contributed by atoms with E-state index in [1.54, 1.807) is 42.5 Å². The number of nitrogens with one attached hydrogen (secondary N) is 3. The van der Waals surface area contributed by atoms with Gasteiger partial charge in [-0.15, -0.1) is 11.8 Å². The molecule has 0 unspecified atom stereocenters. The molecule has 0 spiro atoms. The van der Waals surface area contributed by atoms with E-state index in [-0.39, 0.29) is 17.7 Å². The van der Waals surface area contributed by atoms with E-state index in [1.165, 1.54) is 11.8 Å². The molecule has 29 heavy (non-hydrogen) atoms. The third kappa shape index (κ3) is 6.42. The highest BCUT2D eigenvalue weighted by Gasteiger charge is 2.09. The molecule has 0 bridgehead atoms. The second-order valence-corrected chi connectivity index (χ2v) is 7.74. The summed E-state index contributed by atoms with van der Waals surface area (Å²) in [5.74, 6) is 0.0213. The smallest absolute Gasteiger partial charge is 0.323 e. The van der Waals surface area contributed by atoms with Crippen molar-refractivity contribution >= 4 is 64.0 Å². The minimum atomic E-state index is -0.325. The summed E-state index contributed by atoms with van der Waals surface area (Å²) in [4.78, 5) is 25.0. The highest BCUT2D eigenvalue weighted by molar-refractivity contribution is 8.00. The van der Waals surface area contributed by atoms with Crippen molar-refractivity contribution in [2.75, 3.05) is 21.7 Å². The third-order valence-corrected chi connectivity index (χ3v) is 5.57. The second kappa shape index (κ2) is 10.2. The topological polar surface area (TPSA) is 70.2 Å². The maximum Gasteiger partial charge on any atom is 0.323 e. The number of hydrogen-bond acceptors (Lipinski definition) is 3. The maximum absolute atomic E-state index is 12.1. The Morgan fingerprint density at radius 3 is 2.10 bits per heavy atom. The van der Waals surface area contributed by atoms with E-state index in [0.29, 0.717) is 27.1 Å². The number of carbonyl (C=O) groups is 2. The maximum atomic E-state index is 12.1. The molecule has 0 aliphatic heterocycles. The van der Waals surface area contributed by atoms with Gasteiger partial charge >= 0.3 is 6.03 Å². The van der Waals surface area contributed by atoms with E-state index >= 15 is 0 Å².